The molecule has 0 unspecified atom stereocenters. The summed E-state index contributed by atoms with van der Waals surface area (Å²) in [4.78, 5) is 3.78. The van der Waals surface area contributed by atoms with Gasteiger partial charge in [-0.25, -0.2) is 0 Å². The van der Waals surface area contributed by atoms with E-state index in [2.05, 4.69) is 4.98 Å². The van der Waals surface area contributed by atoms with E-state index in [4.69, 9.17) is 10.2 Å². The number of hydrogen-bond donors (Lipinski definition) is 2. The zero-order chi connectivity index (χ0) is 10.2. The van der Waals surface area contributed by atoms with Gasteiger partial charge in [0.15, 0.2) is 0 Å². The predicted octanol–water partition coefficient (Wildman–Crippen LogP) is 2.18. The first-order valence-corrected chi connectivity index (χ1v) is 4.12. The Labute approximate surface area is 82.3 Å². The van der Waals surface area contributed by atoms with E-state index in [1.165, 1.54) is 24.3 Å². The molecule has 2 rings (SSSR count). The fourth-order valence-corrected chi connectivity index (χ4v) is 0.765. The lowest BCUT2D eigenvalue weighted by Crippen LogP contribution is -1.61. The zero-order valence-corrected chi connectivity index (χ0v) is 7.54. The minimum absolute atomic E-state index is 0.169. The van der Waals surface area contributed by atoms with Gasteiger partial charge in [0.2, 0.25) is 0 Å². The molecule has 14 heavy (non-hydrogen) atoms. The second-order valence-corrected chi connectivity index (χ2v) is 2.54. The second-order valence-electron chi connectivity index (χ2n) is 2.54. The largest absolute Gasteiger partial charge is 0.508 e. The van der Waals surface area contributed by atoms with Crippen molar-refractivity contribution >= 4 is 0 Å². The molecule has 0 spiro atoms. The van der Waals surface area contributed by atoms with Gasteiger partial charge >= 0.3 is 0 Å². The first-order valence-electron chi connectivity index (χ1n) is 4.12. The van der Waals surface area contributed by atoms with Crippen LogP contribution >= 0.6 is 0 Å². The predicted molar refractivity (Wildman–Crippen MR) is 54.0 cm³/mol. The fraction of sp³-hybridized carbons (Fsp3) is 0. The highest BCUT2D eigenvalue weighted by molar-refractivity contribution is 5.28. The monoisotopic (exact) mass is 189 g/mol. The number of nitrogens with zero attached hydrogens (tertiary/aromatic N) is 1. The van der Waals surface area contributed by atoms with Crippen LogP contribution in [0.4, 0.5) is 0 Å². The van der Waals surface area contributed by atoms with Crippen molar-refractivity contribution in [2.75, 3.05) is 0 Å². The van der Waals surface area contributed by atoms with Crippen LogP contribution < -0.4 is 0 Å². The zero-order valence-electron chi connectivity index (χ0n) is 7.54. The summed E-state index contributed by atoms with van der Waals surface area (Å²) in [5.41, 5.74) is 0. The van der Waals surface area contributed by atoms with Crippen molar-refractivity contribution in [2.24, 2.45) is 0 Å². The Balaban J connectivity index is 0.000000146. The van der Waals surface area contributed by atoms with Crippen LogP contribution in [0.5, 0.6) is 11.5 Å². The lowest BCUT2D eigenvalue weighted by atomic mass is 10.3. The average Bonchev–Trinajstić information content (AvgIpc) is 2.26. The van der Waals surface area contributed by atoms with Crippen LogP contribution in [0.2, 0.25) is 0 Å². The molecule has 0 radical (unpaired) electrons. The van der Waals surface area contributed by atoms with Gasteiger partial charge in [-0.1, -0.05) is 6.07 Å². The average molecular weight is 189 g/mol. The molecule has 0 aliphatic rings. The van der Waals surface area contributed by atoms with Crippen LogP contribution in [-0.4, -0.2) is 15.2 Å². The number of benzene rings is 1. The summed E-state index contributed by atoms with van der Waals surface area (Å²) < 4.78 is 0. The maximum atomic E-state index is 8.65. The Hall–Kier alpha value is -2.03. The van der Waals surface area contributed by atoms with Crippen LogP contribution in [-0.2, 0) is 0 Å². The summed E-state index contributed by atoms with van der Waals surface area (Å²) in [7, 11) is 0. The Morgan fingerprint density at radius 3 is 1.36 bits per heavy atom. The molecular formula is C11H11NO2. The molecule has 2 aromatic rings. The number of hydrogen-bond acceptors (Lipinski definition) is 3. The minimum Gasteiger partial charge on any atom is -0.508 e. The van der Waals surface area contributed by atoms with Crippen LogP contribution in [0.15, 0.2) is 54.9 Å². The highest BCUT2D eigenvalue weighted by Gasteiger charge is 1.84. The topological polar surface area (TPSA) is 53.4 Å². The summed E-state index contributed by atoms with van der Waals surface area (Å²) in [6.45, 7) is 0. The van der Waals surface area contributed by atoms with Gasteiger partial charge < -0.3 is 10.2 Å². The van der Waals surface area contributed by atoms with Gasteiger partial charge in [-0.15, -0.1) is 0 Å². The number of pyridine rings is 1. The number of rotatable bonds is 0. The normalized spacial score (nSPS) is 8.57. The molecule has 2 N–H and O–H groups in total. The lowest BCUT2D eigenvalue weighted by molar-refractivity contribution is 0.460. The highest BCUT2D eigenvalue weighted by Crippen LogP contribution is 2.13. The Morgan fingerprint density at radius 1 is 0.714 bits per heavy atom. The third kappa shape index (κ3) is 4.11. The molecule has 0 saturated carbocycles. The van der Waals surface area contributed by atoms with E-state index < -0.39 is 0 Å². The summed E-state index contributed by atoms with van der Waals surface area (Å²) in [6.07, 6.45) is 3.50. The summed E-state index contributed by atoms with van der Waals surface area (Å²) in [6, 6.07) is 11.4. The van der Waals surface area contributed by atoms with E-state index in [0.29, 0.717) is 0 Å². The summed E-state index contributed by atoms with van der Waals surface area (Å²) >= 11 is 0. The molecule has 1 heterocycles. The smallest absolute Gasteiger partial charge is 0.115 e. The molecule has 0 fully saturated rings. The standard InChI is InChI=1S/C6H6O2.C5H5N/c7-5-1-2-6(8)4-3-5;1-2-4-6-5-3-1/h1-4,7-8H;1-5H. The van der Waals surface area contributed by atoms with E-state index in [9.17, 15) is 0 Å². The van der Waals surface area contributed by atoms with Crippen molar-refractivity contribution in [1.82, 2.24) is 4.98 Å². The number of aromatic nitrogens is 1. The SMILES string of the molecule is Oc1ccc(O)cc1.c1ccncc1. The molecule has 0 saturated heterocycles. The van der Waals surface area contributed by atoms with Gasteiger partial charge in [-0.05, 0) is 36.4 Å². The summed E-state index contributed by atoms with van der Waals surface area (Å²) in [5.74, 6) is 0.339. The van der Waals surface area contributed by atoms with Crippen molar-refractivity contribution in [3.05, 3.63) is 54.9 Å². The van der Waals surface area contributed by atoms with Gasteiger partial charge in [0.1, 0.15) is 11.5 Å². The van der Waals surface area contributed by atoms with Crippen LogP contribution in [0.1, 0.15) is 0 Å². The number of aromatic hydroxyl groups is 2. The van der Waals surface area contributed by atoms with Crippen LogP contribution in [0, 0.1) is 0 Å². The molecule has 1 aromatic carbocycles. The Kier molecular flexibility index (Phi) is 4.01. The van der Waals surface area contributed by atoms with Crippen molar-refractivity contribution in [3.8, 4) is 11.5 Å². The second kappa shape index (κ2) is 5.59. The van der Waals surface area contributed by atoms with E-state index >= 15 is 0 Å². The van der Waals surface area contributed by atoms with Crippen LogP contribution in [0.3, 0.4) is 0 Å². The van der Waals surface area contributed by atoms with E-state index in [-0.39, 0.29) is 11.5 Å². The molecule has 1 aromatic heterocycles. The Bertz CT molecular complexity index is 298. The molecule has 0 atom stereocenters. The Morgan fingerprint density at radius 2 is 1.14 bits per heavy atom. The van der Waals surface area contributed by atoms with Crippen molar-refractivity contribution in [3.63, 3.8) is 0 Å². The third-order valence-corrected chi connectivity index (χ3v) is 1.42. The molecule has 0 aliphatic heterocycles. The maximum absolute atomic E-state index is 8.65. The fourth-order valence-electron chi connectivity index (χ4n) is 0.765. The maximum Gasteiger partial charge on any atom is 0.115 e. The number of phenolic OH excluding ortho intramolecular Hbond substituents is 2. The highest BCUT2D eigenvalue weighted by atomic mass is 16.3. The molecule has 72 valence electrons. The molecule has 3 heteroatoms. The molecular weight excluding hydrogens is 178 g/mol. The van der Waals surface area contributed by atoms with Gasteiger partial charge in [-0.2, -0.15) is 0 Å². The van der Waals surface area contributed by atoms with Gasteiger partial charge in [-0.3, -0.25) is 4.98 Å². The molecule has 3 nitrogen and oxygen atoms in total. The third-order valence-electron chi connectivity index (χ3n) is 1.42. The summed E-state index contributed by atoms with van der Waals surface area (Å²) in [5, 5.41) is 17.3. The van der Waals surface area contributed by atoms with E-state index in [1.54, 1.807) is 12.4 Å². The van der Waals surface area contributed by atoms with Gasteiger partial charge in [0.25, 0.3) is 0 Å². The van der Waals surface area contributed by atoms with Crippen molar-refractivity contribution < 1.29 is 10.2 Å². The van der Waals surface area contributed by atoms with E-state index in [0.717, 1.165) is 0 Å². The first kappa shape index (κ1) is 10.1. The van der Waals surface area contributed by atoms with Crippen molar-refractivity contribution in [1.29, 1.82) is 0 Å². The molecule has 0 aliphatic carbocycles. The molecule has 0 bridgehead atoms. The van der Waals surface area contributed by atoms with Crippen molar-refractivity contribution in [2.45, 2.75) is 0 Å². The lowest BCUT2D eigenvalue weighted by Gasteiger charge is -1.88. The van der Waals surface area contributed by atoms with Crippen LogP contribution in [0.25, 0.3) is 0 Å². The first-order chi connectivity index (χ1) is 6.79. The number of phenols is 2. The van der Waals surface area contributed by atoms with E-state index in [1.807, 2.05) is 18.2 Å². The minimum atomic E-state index is 0.169. The van der Waals surface area contributed by atoms with Gasteiger partial charge in [0, 0.05) is 12.4 Å². The quantitative estimate of drug-likeness (QED) is 0.624. The van der Waals surface area contributed by atoms with Gasteiger partial charge in [0.05, 0.1) is 0 Å². The molecule has 0 amide bonds.